The summed E-state index contributed by atoms with van der Waals surface area (Å²) in [5, 5.41) is 0.776. The van der Waals surface area contributed by atoms with Crippen molar-refractivity contribution in [2.75, 3.05) is 0 Å². The lowest BCUT2D eigenvalue weighted by atomic mass is 10.3. The Morgan fingerprint density at radius 3 is 2.06 bits per heavy atom. The van der Waals surface area contributed by atoms with Gasteiger partial charge in [0.05, 0.1) is 28.4 Å². The topological polar surface area (TPSA) is 98.1 Å². The fourth-order valence-electron chi connectivity index (χ4n) is 2.80. The van der Waals surface area contributed by atoms with E-state index in [0.29, 0.717) is 11.0 Å². The quantitative estimate of drug-likeness (QED) is 0.227. The van der Waals surface area contributed by atoms with Gasteiger partial charge in [-0.3, -0.25) is 4.57 Å². The highest BCUT2D eigenvalue weighted by molar-refractivity contribution is 6.31. The van der Waals surface area contributed by atoms with Crippen molar-refractivity contribution in [2.24, 2.45) is 0 Å². The molecule has 0 aliphatic heterocycles. The molecule has 0 aliphatic rings. The number of fused-ring (bicyclic) bond motifs is 2. The predicted molar refractivity (Wildman–Crippen MR) is 130 cm³/mol. The summed E-state index contributed by atoms with van der Waals surface area (Å²) in [5.74, 6) is 0.716. The minimum Gasteiger partial charge on any atom is -0.345 e. The van der Waals surface area contributed by atoms with Gasteiger partial charge in [0, 0.05) is 12.4 Å². The molecule has 4 aromatic heterocycles. The molecule has 2 aromatic carbocycles. The van der Waals surface area contributed by atoms with Crippen molar-refractivity contribution in [3.05, 3.63) is 101 Å². The molecule has 4 heterocycles. The molecular formula is C22H15Cl3N8. The normalized spacial score (nSPS) is 10.3. The molecular weight excluding hydrogens is 483 g/mol. The number of imidazole rings is 2. The summed E-state index contributed by atoms with van der Waals surface area (Å²) in [6, 6.07) is 19.1. The van der Waals surface area contributed by atoms with Gasteiger partial charge in [0.1, 0.15) is 17.3 Å². The molecule has 0 saturated heterocycles. The Morgan fingerprint density at radius 2 is 1.36 bits per heavy atom. The van der Waals surface area contributed by atoms with Crippen LogP contribution in [-0.4, -0.2) is 39.5 Å². The minimum atomic E-state index is 0.178. The third-order valence-corrected chi connectivity index (χ3v) is 4.81. The second-order valence-corrected chi connectivity index (χ2v) is 7.42. The molecule has 1 N–H and O–H groups in total. The predicted octanol–water partition coefficient (Wildman–Crippen LogP) is 5.82. The van der Waals surface area contributed by atoms with Crippen LogP contribution in [-0.2, 0) is 0 Å². The molecule has 6 rings (SSSR count). The van der Waals surface area contributed by atoms with Crippen molar-refractivity contribution < 1.29 is 0 Å². The Bertz CT molecular complexity index is 1430. The zero-order valence-electron chi connectivity index (χ0n) is 16.8. The summed E-state index contributed by atoms with van der Waals surface area (Å²) in [6.45, 7) is 0. The monoisotopic (exact) mass is 496 g/mol. The van der Waals surface area contributed by atoms with Crippen molar-refractivity contribution in [3.8, 4) is 5.82 Å². The van der Waals surface area contributed by atoms with Crippen molar-refractivity contribution in [2.45, 2.75) is 0 Å². The Hall–Kier alpha value is -3.59. The highest BCUT2D eigenvalue weighted by atomic mass is 35.5. The van der Waals surface area contributed by atoms with Crippen LogP contribution in [0.25, 0.3) is 27.9 Å². The van der Waals surface area contributed by atoms with E-state index in [9.17, 15) is 0 Å². The number of aromatic amines is 1. The number of para-hydroxylation sites is 4. The van der Waals surface area contributed by atoms with E-state index >= 15 is 0 Å². The maximum absolute atomic E-state index is 5.76. The summed E-state index contributed by atoms with van der Waals surface area (Å²) >= 11 is 16.5. The van der Waals surface area contributed by atoms with Crippen molar-refractivity contribution >= 4 is 56.9 Å². The van der Waals surface area contributed by atoms with Gasteiger partial charge in [0.15, 0.2) is 0 Å². The van der Waals surface area contributed by atoms with Gasteiger partial charge in [0.25, 0.3) is 0 Å². The third kappa shape index (κ3) is 6.01. The number of nitrogens with one attached hydrogen (secondary N) is 1. The van der Waals surface area contributed by atoms with Crippen LogP contribution in [0, 0.1) is 0 Å². The van der Waals surface area contributed by atoms with Gasteiger partial charge >= 0.3 is 0 Å². The van der Waals surface area contributed by atoms with Gasteiger partial charge in [-0.2, -0.15) is 4.98 Å². The Morgan fingerprint density at radius 1 is 0.667 bits per heavy atom. The molecule has 0 spiro atoms. The molecule has 0 saturated carbocycles. The number of aromatic nitrogens is 8. The van der Waals surface area contributed by atoms with Gasteiger partial charge < -0.3 is 4.98 Å². The molecule has 0 unspecified atom stereocenters. The van der Waals surface area contributed by atoms with Gasteiger partial charge in [-0.25, -0.2) is 24.9 Å². The fraction of sp³-hybridized carbons (Fsp3) is 0. The zero-order chi connectivity index (χ0) is 23.0. The highest BCUT2D eigenvalue weighted by Gasteiger charge is 2.05. The van der Waals surface area contributed by atoms with Crippen LogP contribution in [0.15, 0.2) is 85.7 Å². The molecule has 0 fully saturated rings. The average molecular weight is 498 g/mol. The lowest BCUT2D eigenvalue weighted by molar-refractivity contribution is 0.995. The van der Waals surface area contributed by atoms with Gasteiger partial charge in [-0.15, -0.1) is 0 Å². The van der Waals surface area contributed by atoms with Crippen molar-refractivity contribution in [1.29, 1.82) is 0 Å². The van der Waals surface area contributed by atoms with E-state index in [1.54, 1.807) is 31.0 Å². The lowest BCUT2D eigenvalue weighted by Gasteiger charge is -2.02. The summed E-state index contributed by atoms with van der Waals surface area (Å²) in [5.41, 5.74) is 4.05. The SMILES string of the molecule is Clc1ccnc(Cl)n1.Clc1nccc(-n2cnc3ccccc32)n1.c1ccc2[nH]cnc2c1. The second-order valence-electron chi connectivity index (χ2n) is 6.36. The first-order valence-electron chi connectivity index (χ1n) is 9.53. The molecule has 6 aromatic rings. The number of halogens is 3. The van der Waals surface area contributed by atoms with Gasteiger partial charge in [-0.05, 0) is 59.6 Å². The number of nitrogens with zero attached hydrogens (tertiary/aromatic N) is 7. The number of hydrogen-bond acceptors (Lipinski definition) is 6. The van der Waals surface area contributed by atoms with Crippen LogP contribution in [0.5, 0.6) is 0 Å². The summed E-state index contributed by atoms with van der Waals surface area (Å²) in [7, 11) is 0. The molecule has 8 nitrogen and oxygen atoms in total. The van der Waals surface area contributed by atoms with Crippen molar-refractivity contribution in [1.82, 2.24) is 39.5 Å². The van der Waals surface area contributed by atoms with Crippen LogP contribution >= 0.6 is 34.8 Å². The maximum atomic E-state index is 5.76. The number of rotatable bonds is 1. The highest BCUT2D eigenvalue weighted by Crippen LogP contribution is 2.16. The number of H-pyrrole nitrogens is 1. The molecule has 0 amide bonds. The van der Waals surface area contributed by atoms with E-state index in [-0.39, 0.29) is 10.6 Å². The van der Waals surface area contributed by atoms with Crippen LogP contribution in [0.1, 0.15) is 0 Å². The molecule has 33 heavy (non-hydrogen) atoms. The second kappa shape index (κ2) is 10.8. The summed E-state index contributed by atoms with van der Waals surface area (Å²) in [4.78, 5) is 26.6. The summed E-state index contributed by atoms with van der Waals surface area (Å²) in [6.07, 6.45) is 6.55. The molecule has 0 radical (unpaired) electrons. The Balaban J connectivity index is 0.000000129. The number of hydrogen-bond donors (Lipinski definition) is 1. The molecule has 11 heteroatoms. The third-order valence-electron chi connectivity index (χ3n) is 4.23. The fourth-order valence-corrected chi connectivity index (χ4v) is 3.27. The van der Waals surface area contributed by atoms with Crippen LogP contribution in [0.2, 0.25) is 15.7 Å². The first kappa shape index (κ1) is 22.6. The first-order valence-corrected chi connectivity index (χ1v) is 10.7. The van der Waals surface area contributed by atoms with Crippen LogP contribution in [0.4, 0.5) is 0 Å². The lowest BCUT2D eigenvalue weighted by Crippen LogP contribution is -1.96. The molecule has 164 valence electrons. The first-order chi connectivity index (χ1) is 16.1. The Labute approximate surface area is 203 Å². The van der Waals surface area contributed by atoms with Gasteiger partial charge in [0.2, 0.25) is 10.6 Å². The summed E-state index contributed by atoms with van der Waals surface area (Å²) < 4.78 is 1.88. The smallest absolute Gasteiger partial charge is 0.224 e. The van der Waals surface area contributed by atoms with Gasteiger partial charge in [-0.1, -0.05) is 35.9 Å². The molecule has 0 bridgehead atoms. The van der Waals surface area contributed by atoms with E-state index in [4.69, 9.17) is 34.8 Å². The maximum Gasteiger partial charge on any atom is 0.224 e. The minimum absolute atomic E-state index is 0.178. The molecule has 0 atom stereocenters. The van der Waals surface area contributed by atoms with E-state index < -0.39 is 0 Å². The number of benzene rings is 2. The Kier molecular flexibility index (Phi) is 7.41. The molecule has 0 aliphatic carbocycles. The van der Waals surface area contributed by atoms with Crippen molar-refractivity contribution in [3.63, 3.8) is 0 Å². The largest absolute Gasteiger partial charge is 0.345 e. The van der Waals surface area contributed by atoms with E-state index in [1.165, 1.54) is 6.20 Å². The standard InChI is InChI=1S/C11H7ClN4.C7H6N2.C4H2Cl2N2/c12-11-13-6-5-10(15-11)16-7-14-8-3-1-2-4-9(8)16;1-2-4-7-6(3-1)8-5-9-7;5-3-1-2-7-4(6)8-3/h1-7H;1-5H,(H,8,9);1-2H. The zero-order valence-corrected chi connectivity index (χ0v) is 19.1. The van der Waals surface area contributed by atoms with E-state index in [2.05, 4.69) is 34.9 Å². The average Bonchev–Trinajstić information content (AvgIpc) is 3.47. The van der Waals surface area contributed by atoms with Crippen LogP contribution in [0.3, 0.4) is 0 Å². The van der Waals surface area contributed by atoms with Crippen LogP contribution < -0.4 is 0 Å². The van der Waals surface area contributed by atoms with E-state index in [1.807, 2.05) is 53.1 Å². The van der Waals surface area contributed by atoms with E-state index in [0.717, 1.165) is 22.1 Å².